The van der Waals surface area contributed by atoms with Crippen LogP contribution in [0.2, 0.25) is 10.0 Å². The molecule has 2 aliphatic rings. The number of fused-ring (bicyclic) bond motifs is 1. The number of halogens is 2. The molecular weight excluding hydrogens is 283 g/mol. The summed E-state index contributed by atoms with van der Waals surface area (Å²) < 4.78 is 0. The first-order valence-electron chi connectivity index (χ1n) is 6.63. The van der Waals surface area contributed by atoms with Gasteiger partial charge >= 0.3 is 0 Å². The molecule has 2 atom stereocenters. The average molecular weight is 299 g/mol. The van der Waals surface area contributed by atoms with E-state index in [1.807, 2.05) is 4.90 Å². The molecule has 102 valence electrons. The van der Waals surface area contributed by atoms with E-state index < -0.39 is 0 Å². The molecule has 2 heterocycles. The maximum atomic E-state index is 12.5. The molecule has 0 aliphatic carbocycles. The van der Waals surface area contributed by atoms with Gasteiger partial charge in [0, 0.05) is 24.2 Å². The summed E-state index contributed by atoms with van der Waals surface area (Å²) in [6, 6.07) is 5.62. The van der Waals surface area contributed by atoms with Gasteiger partial charge in [-0.1, -0.05) is 23.2 Å². The Morgan fingerprint density at radius 2 is 2.16 bits per heavy atom. The number of carbonyl (C=O) groups excluding carboxylic acids is 1. The Hall–Kier alpha value is -0.770. The Labute approximate surface area is 122 Å². The highest BCUT2D eigenvalue weighted by Crippen LogP contribution is 2.28. The van der Waals surface area contributed by atoms with E-state index in [0.717, 1.165) is 32.5 Å². The lowest BCUT2D eigenvalue weighted by Crippen LogP contribution is -2.46. The van der Waals surface area contributed by atoms with Gasteiger partial charge in [0.25, 0.3) is 5.91 Å². The fraction of sp³-hybridized carbons (Fsp3) is 0.500. The highest BCUT2D eigenvalue weighted by molar-refractivity contribution is 6.35. The van der Waals surface area contributed by atoms with Crippen LogP contribution in [0.3, 0.4) is 0 Å². The van der Waals surface area contributed by atoms with Gasteiger partial charge in [-0.25, -0.2) is 0 Å². The summed E-state index contributed by atoms with van der Waals surface area (Å²) in [6.45, 7) is 2.67. The number of carbonyl (C=O) groups is 1. The Morgan fingerprint density at radius 3 is 3.00 bits per heavy atom. The molecule has 2 saturated heterocycles. The molecule has 19 heavy (non-hydrogen) atoms. The van der Waals surface area contributed by atoms with Gasteiger partial charge in [-0.3, -0.25) is 4.79 Å². The van der Waals surface area contributed by atoms with E-state index in [1.54, 1.807) is 18.2 Å². The molecule has 0 bridgehead atoms. The van der Waals surface area contributed by atoms with Crippen molar-refractivity contribution in [3.8, 4) is 0 Å². The SMILES string of the molecule is O=C(c1cc(Cl)ccc1Cl)N1CCC2NCCC2C1. The highest BCUT2D eigenvalue weighted by atomic mass is 35.5. The minimum absolute atomic E-state index is 0.00199. The van der Waals surface area contributed by atoms with Crippen LogP contribution in [0, 0.1) is 5.92 Å². The lowest BCUT2D eigenvalue weighted by atomic mass is 9.93. The maximum Gasteiger partial charge on any atom is 0.255 e. The molecule has 1 aromatic rings. The summed E-state index contributed by atoms with van der Waals surface area (Å²) in [4.78, 5) is 14.4. The van der Waals surface area contributed by atoms with E-state index in [0.29, 0.717) is 27.6 Å². The van der Waals surface area contributed by atoms with Gasteiger partial charge in [0.15, 0.2) is 0 Å². The fourth-order valence-electron chi connectivity index (χ4n) is 3.06. The summed E-state index contributed by atoms with van der Waals surface area (Å²) in [7, 11) is 0. The van der Waals surface area contributed by atoms with E-state index in [4.69, 9.17) is 23.2 Å². The number of rotatable bonds is 1. The predicted molar refractivity (Wildman–Crippen MR) is 76.9 cm³/mol. The monoisotopic (exact) mass is 298 g/mol. The molecule has 1 amide bonds. The summed E-state index contributed by atoms with van der Waals surface area (Å²) in [5.74, 6) is 0.577. The van der Waals surface area contributed by atoms with Crippen molar-refractivity contribution in [2.45, 2.75) is 18.9 Å². The largest absolute Gasteiger partial charge is 0.338 e. The van der Waals surface area contributed by atoms with Gasteiger partial charge in [0.05, 0.1) is 10.6 Å². The number of nitrogens with one attached hydrogen (secondary N) is 1. The van der Waals surface area contributed by atoms with Crippen LogP contribution in [0.1, 0.15) is 23.2 Å². The number of benzene rings is 1. The molecule has 0 spiro atoms. The summed E-state index contributed by atoms with van der Waals surface area (Å²) in [6.07, 6.45) is 2.17. The van der Waals surface area contributed by atoms with Crippen LogP contribution in [0.15, 0.2) is 18.2 Å². The summed E-state index contributed by atoms with van der Waals surface area (Å²) in [5.41, 5.74) is 0.513. The van der Waals surface area contributed by atoms with Gasteiger partial charge < -0.3 is 10.2 Å². The number of nitrogens with zero attached hydrogens (tertiary/aromatic N) is 1. The van der Waals surface area contributed by atoms with Crippen molar-refractivity contribution in [1.29, 1.82) is 0 Å². The van der Waals surface area contributed by atoms with Crippen molar-refractivity contribution in [1.82, 2.24) is 10.2 Å². The number of likely N-dealkylation sites (tertiary alicyclic amines) is 1. The first kappa shape index (κ1) is 13.2. The third-order valence-corrected chi connectivity index (χ3v) is 4.67. The van der Waals surface area contributed by atoms with Gasteiger partial charge in [0.2, 0.25) is 0 Å². The maximum absolute atomic E-state index is 12.5. The highest BCUT2D eigenvalue weighted by Gasteiger charge is 2.34. The van der Waals surface area contributed by atoms with Gasteiger partial charge in [-0.15, -0.1) is 0 Å². The first-order valence-corrected chi connectivity index (χ1v) is 7.38. The van der Waals surface area contributed by atoms with Crippen LogP contribution in [0.25, 0.3) is 0 Å². The number of hydrogen-bond donors (Lipinski definition) is 1. The average Bonchev–Trinajstić information content (AvgIpc) is 2.88. The Bertz CT molecular complexity index is 506. The Morgan fingerprint density at radius 1 is 1.32 bits per heavy atom. The molecular formula is C14H16Cl2N2O. The lowest BCUT2D eigenvalue weighted by Gasteiger charge is -2.35. The molecule has 2 aliphatic heterocycles. The summed E-state index contributed by atoms with van der Waals surface area (Å²) in [5, 5.41) is 4.51. The van der Waals surface area contributed by atoms with Crippen molar-refractivity contribution in [2.24, 2.45) is 5.92 Å². The first-order chi connectivity index (χ1) is 9.15. The second-order valence-electron chi connectivity index (χ2n) is 5.27. The zero-order valence-corrected chi connectivity index (χ0v) is 12.0. The van der Waals surface area contributed by atoms with E-state index in [-0.39, 0.29) is 5.91 Å². The molecule has 0 radical (unpaired) electrons. The minimum atomic E-state index is -0.00199. The molecule has 5 heteroatoms. The van der Waals surface area contributed by atoms with Crippen LogP contribution in [-0.2, 0) is 0 Å². The van der Waals surface area contributed by atoms with E-state index >= 15 is 0 Å². The van der Waals surface area contributed by atoms with Gasteiger partial charge in [0.1, 0.15) is 0 Å². The molecule has 2 fully saturated rings. The second-order valence-corrected chi connectivity index (χ2v) is 6.12. The fourth-order valence-corrected chi connectivity index (χ4v) is 3.43. The minimum Gasteiger partial charge on any atom is -0.338 e. The van der Waals surface area contributed by atoms with Crippen molar-refractivity contribution in [3.63, 3.8) is 0 Å². The van der Waals surface area contributed by atoms with Crippen LogP contribution < -0.4 is 5.32 Å². The molecule has 3 rings (SSSR count). The van der Waals surface area contributed by atoms with Crippen molar-refractivity contribution < 1.29 is 4.79 Å². The topological polar surface area (TPSA) is 32.3 Å². The van der Waals surface area contributed by atoms with Crippen LogP contribution >= 0.6 is 23.2 Å². The molecule has 2 unspecified atom stereocenters. The molecule has 0 saturated carbocycles. The lowest BCUT2D eigenvalue weighted by molar-refractivity contribution is 0.0662. The third kappa shape index (κ3) is 2.60. The van der Waals surface area contributed by atoms with Crippen LogP contribution in [0.4, 0.5) is 0 Å². The van der Waals surface area contributed by atoms with Gasteiger partial charge in [-0.2, -0.15) is 0 Å². The smallest absolute Gasteiger partial charge is 0.255 e. The second kappa shape index (κ2) is 5.31. The van der Waals surface area contributed by atoms with Gasteiger partial charge in [-0.05, 0) is 43.5 Å². The zero-order valence-electron chi connectivity index (χ0n) is 10.5. The molecule has 1 N–H and O–H groups in total. The summed E-state index contributed by atoms with van der Waals surface area (Å²) >= 11 is 12.1. The molecule has 1 aromatic carbocycles. The normalized spacial score (nSPS) is 26.3. The van der Waals surface area contributed by atoms with E-state index in [2.05, 4.69) is 5.32 Å². The standard InChI is InChI=1S/C14H16Cl2N2O/c15-10-1-2-12(16)11(7-10)14(19)18-6-4-13-9(8-18)3-5-17-13/h1-2,7,9,13,17H,3-6,8H2. The number of hydrogen-bond acceptors (Lipinski definition) is 2. The molecule has 0 aromatic heterocycles. The van der Waals surface area contributed by atoms with Crippen molar-refractivity contribution in [2.75, 3.05) is 19.6 Å². The van der Waals surface area contributed by atoms with Crippen LogP contribution in [-0.4, -0.2) is 36.5 Å². The van der Waals surface area contributed by atoms with Crippen molar-refractivity contribution in [3.05, 3.63) is 33.8 Å². The number of amides is 1. The number of piperidine rings is 1. The van der Waals surface area contributed by atoms with E-state index in [1.165, 1.54) is 0 Å². The Kier molecular flexibility index (Phi) is 3.70. The third-order valence-electron chi connectivity index (χ3n) is 4.10. The quantitative estimate of drug-likeness (QED) is 0.865. The zero-order chi connectivity index (χ0) is 13.4. The predicted octanol–water partition coefficient (Wildman–Crippen LogP) is 2.82. The van der Waals surface area contributed by atoms with E-state index in [9.17, 15) is 4.79 Å². The van der Waals surface area contributed by atoms with Crippen molar-refractivity contribution >= 4 is 29.1 Å². The molecule has 3 nitrogen and oxygen atoms in total. The Balaban J connectivity index is 1.78. The van der Waals surface area contributed by atoms with Crippen LogP contribution in [0.5, 0.6) is 0 Å².